The third-order valence-corrected chi connectivity index (χ3v) is 6.26. The van der Waals surface area contributed by atoms with E-state index < -0.39 is 14.9 Å². The molecule has 2 aliphatic rings. The minimum absolute atomic E-state index is 0.00214. The van der Waals surface area contributed by atoms with E-state index in [1.807, 2.05) is 0 Å². The van der Waals surface area contributed by atoms with Gasteiger partial charge in [0.05, 0.1) is 4.92 Å². The molecular formula is C14H18N2O4S. The number of para-hydroxylation sites is 1. The SMILES string of the molecule is O=[N+]([O-])c1ccccc1S(=O)(=O)N(C1CCCC1)C1CC1. The molecule has 0 aromatic heterocycles. The predicted molar refractivity (Wildman–Crippen MR) is 77.4 cm³/mol. The van der Waals surface area contributed by atoms with Gasteiger partial charge in [0, 0.05) is 18.2 Å². The Morgan fingerprint density at radius 1 is 1.05 bits per heavy atom. The van der Waals surface area contributed by atoms with Crippen molar-refractivity contribution in [1.29, 1.82) is 0 Å². The van der Waals surface area contributed by atoms with Crippen LogP contribution in [0.15, 0.2) is 29.2 Å². The molecule has 7 heteroatoms. The van der Waals surface area contributed by atoms with Crippen molar-refractivity contribution in [2.24, 2.45) is 0 Å². The van der Waals surface area contributed by atoms with Crippen LogP contribution >= 0.6 is 0 Å². The third-order valence-electron chi connectivity index (χ3n) is 4.21. The molecule has 0 unspecified atom stereocenters. The molecule has 0 atom stereocenters. The maximum atomic E-state index is 12.9. The molecule has 0 N–H and O–H groups in total. The highest BCUT2D eigenvalue weighted by Crippen LogP contribution is 2.40. The highest BCUT2D eigenvalue weighted by molar-refractivity contribution is 7.89. The van der Waals surface area contributed by atoms with Crippen molar-refractivity contribution in [2.75, 3.05) is 0 Å². The molecule has 1 aromatic rings. The van der Waals surface area contributed by atoms with Gasteiger partial charge in [0.15, 0.2) is 4.90 Å². The molecule has 1 aromatic carbocycles. The third kappa shape index (κ3) is 2.67. The highest BCUT2D eigenvalue weighted by atomic mass is 32.2. The predicted octanol–water partition coefficient (Wildman–Crippen LogP) is 2.69. The summed E-state index contributed by atoms with van der Waals surface area (Å²) in [5.41, 5.74) is -0.332. The van der Waals surface area contributed by atoms with Crippen molar-refractivity contribution >= 4 is 15.7 Å². The van der Waals surface area contributed by atoms with Crippen LogP contribution in [0.3, 0.4) is 0 Å². The number of rotatable bonds is 5. The molecule has 0 aliphatic heterocycles. The zero-order valence-electron chi connectivity index (χ0n) is 11.6. The van der Waals surface area contributed by atoms with E-state index >= 15 is 0 Å². The quantitative estimate of drug-likeness (QED) is 0.618. The van der Waals surface area contributed by atoms with Crippen LogP contribution in [0.1, 0.15) is 38.5 Å². The van der Waals surface area contributed by atoms with Gasteiger partial charge in [-0.15, -0.1) is 0 Å². The van der Waals surface area contributed by atoms with Gasteiger partial charge in [-0.3, -0.25) is 10.1 Å². The first-order valence-electron chi connectivity index (χ1n) is 7.29. The Hall–Kier alpha value is -1.47. The topological polar surface area (TPSA) is 80.5 Å². The number of nitro groups is 1. The molecule has 114 valence electrons. The summed E-state index contributed by atoms with van der Waals surface area (Å²) in [6.07, 6.45) is 5.49. The van der Waals surface area contributed by atoms with E-state index in [0.29, 0.717) is 0 Å². The number of sulfonamides is 1. The Morgan fingerprint density at radius 3 is 2.19 bits per heavy atom. The molecule has 21 heavy (non-hydrogen) atoms. The summed E-state index contributed by atoms with van der Waals surface area (Å²) < 4.78 is 27.5. The van der Waals surface area contributed by atoms with E-state index in [4.69, 9.17) is 0 Å². The monoisotopic (exact) mass is 310 g/mol. The number of hydrogen-bond acceptors (Lipinski definition) is 4. The van der Waals surface area contributed by atoms with Crippen molar-refractivity contribution in [1.82, 2.24) is 4.31 Å². The lowest BCUT2D eigenvalue weighted by molar-refractivity contribution is -0.387. The van der Waals surface area contributed by atoms with Crippen LogP contribution < -0.4 is 0 Å². The van der Waals surface area contributed by atoms with Gasteiger partial charge >= 0.3 is 0 Å². The first-order valence-corrected chi connectivity index (χ1v) is 8.73. The smallest absolute Gasteiger partial charge is 0.258 e. The van der Waals surface area contributed by atoms with Crippen LogP contribution in [0.2, 0.25) is 0 Å². The van der Waals surface area contributed by atoms with Gasteiger partial charge in [-0.1, -0.05) is 25.0 Å². The Morgan fingerprint density at radius 2 is 1.62 bits per heavy atom. The second-order valence-electron chi connectivity index (χ2n) is 5.73. The van der Waals surface area contributed by atoms with E-state index in [2.05, 4.69) is 0 Å². The average Bonchev–Trinajstić information content (AvgIpc) is 3.13. The lowest BCUT2D eigenvalue weighted by Gasteiger charge is -2.27. The first kappa shape index (κ1) is 14.5. The lowest BCUT2D eigenvalue weighted by atomic mass is 10.2. The zero-order valence-corrected chi connectivity index (χ0v) is 12.5. The number of benzene rings is 1. The van der Waals surface area contributed by atoms with Gasteiger partial charge in [-0.05, 0) is 31.7 Å². The van der Waals surface area contributed by atoms with Gasteiger partial charge < -0.3 is 0 Å². The van der Waals surface area contributed by atoms with Crippen molar-refractivity contribution < 1.29 is 13.3 Å². The van der Waals surface area contributed by atoms with Gasteiger partial charge in [-0.2, -0.15) is 4.31 Å². The van der Waals surface area contributed by atoms with Crippen molar-refractivity contribution in [2.45, 2.75) is 55.5 Å². The van der Waals surface area contributed by atoms with E-state index in [9.17, 15) is 18.5 Å². The maximum Gasteiger partial charge on any atom is 0.289 e. The average molecular weight is 310 g/mol. The standard InChI is InChI=1S/C14H18N2O4S/c17-16(18)13-7-3-4-8-14(13)21(19,20)15(12-9-10-12)11-5-1-2-6-11/h3-4,7-8,11-12H,1-2,5-6,9-10H2. The van der Waals surface area contributed by atoms with E-state index in [1.54, 1.807) is 10.4 Å². The van der Waals surface area contributed by atoms with Crippen LogP contribution in [0, 0.1) is 10.1 Å². The molecule has 0 saturated heterocycles. The Kier molecular flexibility index (Phi) is 3.71. The molecule has 0 bridgehead atoms. The molecule has 2 aliphatic carbocycles. The van der Waals surface area contributed by atoms with E-state index in [-0.39, 0.29) is 22.7 Å². The molecule has 2 fully saturated rings. The summed E-state index contributed by atoms with van der Waals surface area (Å²) >= 11 is 0. The van der Waals surface area contributed by atoms with Crippen LogP contribution in [-0.4, -0.2) is 29.7 Å². The van der Waals surface area contributed by atoms with Crippen molar-refractivity contribution in [3.05, 3.63) is 34.4 Å². The minimum atomic E-state index is -3.81. The van der Waals surface area contributed by atoms with Crippen LogP contribution in [0.4, 0.5) is 5.69 Å². The van der Waals surface area contributed by atoms with Crippen molar-refractivity contribution in [3.8, 4) is 0 Å². The summed E-state index contributed by atoms with van der Waals surface area (Å²) in [4.78, 5) is 10.3. The molecule has 2 saturated carbocycles. The fourth-order valence-corrected chi connectivity index (χ4v) is 5.21. The summed E-state index contributed by atoms with van der Waals surface area (Å²) in [5.74, 6) is 0. The van der Waals surface area contributed by atoms with Crippen LogP contribution in [0.25, 0.3) is 0 Å². The summed E-state index contributed by atoms with van der Waals surface area (Å²) in [6.45, 7) is 0. The highest BCUT2D eigenvalue weighted by Gasteiger charge is 2.45. The summed E-state index contributed by atoms with van der Waals surface area (Å²) in [7, 11) is -3.81. The van der Waals surface area contributed by atoms with Crippen LogP contribution in [0.5, 0.6) is 0 Å². The van der Waals surface area contributed by atoms with Crippen LogP contribution in [-0.2, 0) is 10.0 Å². The minimum Gasteiger partial charge on any atom is -0.258 e. The number of hydrogen-bond donors (Lipinski definition) is 0. The van der Waals surface area contributed by atoms with Gasteiger partial charge in [-0.25, -0.2) is 8.42 Å². The van der Waals surface area contributed by atoms with Gasteiger partial charge in [0.25, 0.3) is 5.69 Å². The van der Waals surface area contributed by atoms with Crippen molar-refractivity contribution in [3.63, 3.8) is 0 Å². The first-order chi connectivity index (χ1) is 10.0. The van der Waals surface area contributed by atoms with E-state index in [1.165, 1.54) is 18.2 Å². The zero-order chi connectivity index (χ0) is 15.0. The van der Waals surface area contributed by atoms with Gasteiger partial charge in [0.1, 0.15) is 0 Å². The maximum absolute atomic E-state index is 12.9. The largest absolute Gasteiger partial charge is 0.289 e. The summed E-state index contributed by atoms with van der Waals surface area (Å²) in [6, 6.07) is 5.67. The lowest BCUT2D eigenvalue weighted by Crippen LogP contribution is -2.40. The molecule has 6 nitrogen and oxygen atoms in total. The fourth-order valence-electron chi connectivity index (χ4n) is 3.12. The normalized spacial score (nSPS) is 20.0. The van der Waals surface area contributed by atoms with E-state index in [0.717, 1.165) is 38.5 Å². The van der Waals surface area contributed by atoms with Gasteiger partial charge in [0.2, 0.25) is 10.0 Å². The fraction of sp³-hybridized carbons (Fsp3) is 0.571. The second kappa shape index (κ2) is 5.38. The Labute approximate surface area is 124 Å². The summed E-state index contributed by atoms with van der Waals surface area (Å²) in [5, 5.41) is 11.1. The Bertz CT molecular complexity index is 649. The number of nitrogens with zero attached hydrogens (tertiary/aromatic N) is 2. The molecule has 3 rings (SSSR count). The molecule has 0 amide bonds. The number of nitro benzene ring substituents is 1. The Balaban J connectivity index is 2.04. The molecular weight excluding hydrogens is 292 g/mol. The molecule has 0 radical (unpaired) electrons. The second-order valence-corrected chi connectivity index (χ2v) is 7.54. The molecule has 0 spiro atoms. The molecule has 0 heterocycles.